The lowest BCUT2D eigenvalue weighted by Crippen LogP contribution is -2.40. The molecule has 3 aromatic carbocycles. The third-order valence-corrected chi connectivity index (χ3v) is 8.71. The highest BCUT2D eigenvalue weighted by Crippen LogP contribution is 2.37. The number of para-hydroxylation sites is 1. The van der Waals surface area contributed by atoms with Crippen LogP contribution in [0.15, 0.2) is 76.7 Å². The molecule has 4 aromatic rings. The van der Waals surface area contributed by atoms with Gasteiger partial charge in [-0.25, -0.2) is 13.8 Å². The first-order chi connectivity index (χ1) is 20.9. The molecule has 0 radical (unpaired) electrons. The molecule has 230 valence electrons. The second-order valence-electron chi connectivity index (χ2n) is 10.1. The highest BCUT2D eigenvalue weighted by atomic mass is 32.2. The number of anilines is 1. The number of methoxy groups -OCH3 is 2. The van der Waals surface area contributed by atoms with Gasteiger partial charge in [-0.3, -0.25) is 19.2 Å². The molecule has 0 spiro atoms. The predicted octanol–water partition coefficient (Wildman–Crippen LogP) is 4.98. The number of nitro groups is 1. The van der Waals surface area contributed by atoms with Gasteiger partial charge in [0.25, 0.3) is 21.6 Å². The number of carbonyl (C=O) groups is 1. The molecule has 1 N–H and O–H groups in total. The maximum Gasteiger partial charge on any atom is 0.289 e. The van der Waals surface area contributed by atoms with Crippen molar-refractivity contribution in [2.45, 2.75) is 32.6 Å². The number of ether oxygens (including phenoxy) is 2. The summed E-state index contributed by atoms with van der Waals surface area (Å²) >= 11 is 0. The van der Waals surface area contributed by atoms with Crippen molar-refractivity contribution < 1.29 is 27.6 Å². The lowest BCUT2D eigenvalue weighted by molar-refractivity contribution is -0.387. The van der Waals surface area contributed by atoms with Crippen molar-refractivity contribution in [2.75, 3.05) is 25.1 Å². The van der Waals surface area contributed by atoms with Gasteiger partial charge in [0, 0.05) is 34.8 Å². The molecule has 0 saturated heterocycles. The number of rotatable bonds is 11. The molecule has 44 heavy (non-hydrogen) atoms. The summed E-state index contributed by atoms with van der Waals surface area (Å²) in [6.07, 6.45) is 1.48. The van der Waals surface area contributed by atoms with Crippen LogP contribution in [0.25, 0.3) is 5.69 Å². The van der Waals surface area contributed by atoms with Crippen LogP contribution in [-0.2, 0) is 14.8 Å². The number of aryl methyl sites for hydroxylation is 3. The Morgan fingerprint density at radius 3 is 2.32 bits per heavy atom. The van der Waals surface area contributed by atoms with E-state index in [0.29, 0.717) is 5.75 Å². The Kier molecular flexibility index (Phi) is 9.38. The molecule has 12 nitrogen and oxygen atoms in total. The van der Waals surface area contributed by atoms with Gasteiger partial charge in [0.05, 0.1) is 31.0 Å². The summed E-state index contributed by atoms with van der Waals surface area (Å²) < 4.78 is 41.2. The number of hydrogen-bond donors (Lipinski definition) is 1. The zero-order chi connectivity index (χ0) is 32.2. The monoisotopic (exact) mass is 619 g/mol. The molecule has 4 rings (SSSR count). The van der Waals surface area contributed by atoms with Gasteiger partial charge in [0.1, 0.15) is 18.0 Å². The van der Waals surface area contributed by atoms with E-state index in [2.05, 4.69) is 33.3 Å². The summed E-state index contributed by atoms with van der Waals surface area (Å²) in [7, 11) is -1.89. The molecule has 0 saturated carbocycles. The van der Waals surface area contributed by atoms with Crippen molar-refractivity contribution >= 4 is 33.5 Å². The van der Waals surface area contributed by atoms with Gasteiger partial charge in [-0.2, -0.15) is 5.10 Å². The summed E-state index contributed by atoms with van der Waals surface area (Å²) in [5.41, 5.74) is 7.60. The largest absolute Gasteiger partial charge is 0.497 e. The van der Waals surface area contributed by atoms with Crippen LogP contribution in [0.2, 0.25) is 0 Å². The number of hydrazone groups is 1. The number of aromatic nitrogens is 1. The quantitative estimate of drug-likeness (QED) is 0.142. The van der Waals surface area contributed by atoms with Gasteiger partial charge < -0.3 is 14.0 Å². The molecular formula is C31H33N5O7S. The van der Waals surface area contributed by atoms with E-state index >= 15 is 0 Å². The van der Waals surface area contributed by atoms with E-state index in [1.165, 1.54) is 50.8 Å². The maximum atomic E-state index is 13.9. The summed E-state index contributed by atoms with van der Waals surface area (Å²) in [5, 5.41) is 15.8. The standard InChI is InChI=1S/C31H33N5O7S/c1-20-13-21(2)15-25(14-20)35-22(3)16-24(23(35)4)18-32-33-31(37)19-34(27-12-11-26(42-5)17-29(27)43-6)44(40,41)30-10-8-7-9-28(30)36(38)39/h7-18H,19H2,1-6H3,(H,33,37)/b32-18-. The van der Waals surface area contributed by atoms with E-state index < -0.39 is 38.0 Å². The van der Waals surface area contributed by atoms with Gasteiger partial charge in [0.15, 0.2) is 4.90 Å². The molecule has 0 fully saturated rings. The number of amides is 1. The van der Waals surface area contributed by atoms with Crippen LogP contribution in [-0.4, -0.2) is 50.8 Å². The van der Waals surface area contributed by atoms with Crippen LogP contribution < -0.4 is 19.2 Å². The molecule has 0 bridgehead atoms. The first kappa shape index (κ1) is 31.8. The summed E-state index contributed by atoms with van der Waals surface area (Å²) in [6.45, 7) is 7.21. The lowest BCUT2D eigenvalue weighted by Gasteiger charge is -2.25. The van der Waals surface area contributed by atoms with Crippen LogP contribution in [0.5, 0.6) is 11.5 Å². The fourth-order valence-corrected chi connectivity index (χ4v) is 6.56. The maximum absolute atomic E-state index is 13.9. The van der Waals surface area contributed by atoms with Crippen LogP contribution in [0.1, 0.15) is 28.1 Å². The Balaban J connectivity index is 1.66. The van der Waals surface area contributed by atoms with Crippen LogP contribution in [0.4, 0.5) is 11.4 Å². The number of nitro benzene ring substituents is 1. The zero-order valence-electron chi connectivity index (χ0n) is 25.2. The summed E-state index contributed by atoms with van der Waals surface area (Å²) in [5.74, 6) is -0.341. The van der Waals surface area contributed by atoms with Gasteiger partial charge in [-0.1, -0.05) is 18.2 Å². The molecule has 0 aliphatic rings. The smallest absolute Gasteiger partial charge is 0.289 e. The number of carbonyl (C=O) groups excluding carboxylic acids is 1. The van der Waals surface area contributed by atoms with Crippen LogP contribution in [0, 0.1) is 37.8 Å². The number of nitrogens with zero attached hydrogens (tertiary/aromatic N) is 4. The van der Waals surface area contributed by atoms with Crippen molar-refractivity contribution in [1.82, 2.24) is 9.99 Å². The number of sulfonamides is 1. The van der Waals surface area contributed by atoms with Gasteiger partial charge in [0.2, 0.25) is 0 Å². The summed E-state index contributed by atoms with van der Waals surface area (Å²) in [6, 6.07) is 17.4. The van der Waals surface area contributed by atoms with E-state index in [9.17, 15) is 23.3 Å². The minimum Gasteiger partial charge on any atom is -0.497 e. The normalized spacial score (nSPS) is 11.4. The Morgan fingerprint density at radius 1 is 1.00 bits per heavy atom. The molecule has 13 heteroatoms. The summed E-state index contributed by atoms with van der Waals surface area (Å²) in [4.78, 5) is 23.5. The van der Waals surface area contributed by atoms with Crippen molar-refractivity contribution in [3.05, 3.63) is 105 Å². The van der Waals surface area contributed by atoms with Gasteiger partial charge in [-0.15, -0.1) is 0 Å². The molecular weight excluding hydrogens is 586 g/mol. The zero-order valence-corrected chi connectivity index (χ0v) is 26.0. The van der Waals surface area contributed by atoms with E-state index in [0.717, 1.165) is 50.2 Å². The van der Waals surface area contributed by atoms with E-state index in [1.54, 1.807) is 0 Å². The Hall–Kier alpha value is -5.17. The lowest BCUT2D eigenvalue weighted by atomic mass is 10.1. The Labute approximate surface area is 255 Å². The Bertz CT molecular complexity index is 1840. The Morgan fingerprint density at radius 2 is 1.68 bits per heavy atom. The van der Waals surface area contributed by atoms with Crippen molar-refractivity contribution in [1.29, 1.82) is 0 Å². The molecule has 1 aromatic heterocycles. The molecule has 0 atom stereocenters. The molecule has 0 aliphatic carbocycles. The molecule has 1 heterocycles. The van der Waals surface area contributed by atoms with Gasteiger partial charge in [-0.05, 0) is 75.2 Å². The highest BCUT2D eigenvalue weighted by Gasteiger charge is 2.34. The second kappa shape index (κ2) is 13.0. The SMILES string of the molecule is COc1ccc(N(CC(=O)N/N=C\c2cc(C)n(-c3cc(C)cc(C)c3)c2C)S(=O)(=O)c2ccccc2[N+](=O)[O-])c(OC)c1. The topological polar surface area (TPSA) is 145 Å². The van der Waals surface area contributed by atoms with E-state index in [1.807, 2.05) is 33.8 Å². The van der Waals surface area contributed by atoms with Crippen LogP contribution in [0.3, 0.4) is 0 Å². The third-order valence-electron chi connectivity index (χ3n) is 6.90. The highest BCUT2D eigenvalue weighted by molar-refractivity contribution is 7.93. The first-order valence-corrected chi connectivity index (χ1v) is 14.9. The second-order valence-corrected chi connectivity index (χ2v) is 11.9. The first-order valence-electron chi connectivity index (χ1n) is 13.4. The minimum atomic E-state index is -4.65. The van der Waals surface area contributed by atoms with Crippen molar-refractivity contribution in [2.24, 2.45) is 5.10 Å². The molecule has 1 amide bonds. The number of nitrogens with one attached hydrogen (secondary N) is 1. The van der Waals surface area contributed by atoms with E-state index in [-0.39, 0.29) is 11.4 Å². The fourth-order valence-electron chi connectivity index (χ4n) is 4.97. The molecule has 0 aliphatic heterocycles. The average molecular weight is 620 g/mol. The number of benzene rings is 3. The number of hydrogen-bond acceptors (Lipinski definition) is 8. The van der Waals surface area contributed by atoms with Crippen molar-refractivity contribution in [3.63, 3.8) is 0 Å². The minimum absolute atomic E-state index is 0.0254. The third kappa shape index (κ3) is 6.57. The van der Waals surface area contributed by atoms with E-state index in [4.69, 9.17) is 9.47 Å². The average Bonchev–Trinajstić information content (AvgIpc) is 3.27. The predicted molar refractivity (Wildman–Crippen MR) is 168 cm³/mol. The molecule has 0 unspecified atom stereocenters. The van der Waals surface area contributed by atoms with Crippen molar-refractivity contribution in [3.8, 4) is 17.2 Å². The van der Waals surface area contributed by atoms with Gasteiger partial charge >= 0.3 is 0 Å². The van der Waals surface area contributed by atoms with Crippen LogP contribution >= 0.6 is 0 Å². The fraction of sp³-hybridized carbons (Fsp3) is 0.226.